The number of terminal acetylenes is 1. The van der Waals surface area contributed by atoms with Crippen LogP contribution in [0.3, 0.4) is 0 Å². The fraction of sp³-hybridized carbons (Fsp3) is 0.0833. The van der Waals surface area contributed by atoms with Crippen LogP contribution in [-0.4, -0.2) is 32.5 Å². The molecule has 0 aliphatic heterocycles. The molecule has 2 aromatic heterocycles. The molecular formula is C24H19FN6O. The molecule has 0 bridgehead atoms. The number of carbonyl (C=O) groups excluding carboxylic acids is 1. The third kappa shape index (κ3) is 4.04. The molecule has 4 aromatic rings. The highest BCUT2D eigenvalue weighted by molar-refractivity contribution is 5.94. The van der Waals surface area contributed by atoms with Crippen molar-refractivity contribution < 1.29 is 9.18 Å². The normalized spacial score (nSPS) is 11.0. The molecule has 0 saturated carbocycles. The first-order chi connectivity index (χ1) is 15.5. The van der Waals surface area contributed by atoms with E-state index in [0.717, 1.165) is 16.8 Å². The van der Waals surface area contributed by atoms with Crippen LogP contribution in [0.25, 0.3) is 23.1 Å². The number of nitrogens with one attached hydrogen (secondary N) is 1. The monoisotopic (exact) mass is 426 g/mol. The van der Waals surface area contributed by atoms with Crippen molar-refractivity contribution in [1.82, 2.24) is 24.9 Å². The summed E-state index contributed by atoms with van der Waals surface area (Å²) in [5.74, 6) is 1.75. The zero-order valence-corrected chi connectivity index (χ0v) is 17.2. The van der Waals surface area contributed by atoms with E-state index in [1.54, 1.807) is 28.9 Å². The number of imidazole rings is 1. The second kappa shape index (κ2) is 8.70. The van der Waals surface area contributed by atoms with Crippen LogP contribution < -0.4 is 11.1 Å². The van der Waals surface area contributed by atoms with E-state index < -0.39 is 11.7 Å². The number of nitrogen functional groups attached to an aromatic ring is 1. The van der Waals surface area contributed by atoms with Gasteiger partial charge in [0.15, 0.2) is 0 Å². The van der Waals surface area contributed by atoms with Gasteiger partial charge in [-0.3, -0.25) is 4.79 Å². The molecule has 2 heterocycles. The van der Waals surface area contributed by atoms with Gasteiger partial charge in [-0.15, -0.1) is 6.42 Å². The van der Waals surface area contributed by atoms with Gasteiger partial charge in [0, 0.05) is 24.7 Å². The smallest absolute Gasteiger partial charge is 0.253 e. The van der Waals surface area contributed by atoms with Crippen molar-refractivity contribution in [3.05, 3.63) is 83.1 Å². The standard InChI is InChI=1S/C24H19FN6O/c1-3-4-5-16-10-15(6-9-21(16)26)11-18-13-28-24-29-14-22(30-31(18)24)17-7-8-19(20(25)12-17)23(32)27-2/h1,4-10,12-14H,11,26H2,2H3,(H,27,32)/b5-4-. The van der Waals surface area contributed by atoms with Crippen LogP contribution in [0.15, 0.2) is 54.9 Å². The molecule has 158 valence electrons. The molecule has 4 rings (SSSR count). The lowest BCUT2D eigenvalue weighted by molar-refractivity contribution is 0.0959. The Labute approximate surface area is 183 Å². The fourth-order valence-corrected chi connectivity index (χ4v) is 3.29. The van der Waals surface area contributed by atoms with Gasteiger partial charge >= 0.3 is 0 Å². The summed E-state index contributed by atoms with van der Waals surface area (Å²) < 4.78 is 16.0. The predicted molar refractivity (Wildman–Crippen MR) is 121 cm³/mol. The van der Waals surface area contributed by atoms with Crippen LogP contribution in [0.4, 0.5) is 10.1 Å². The Bertz CT molecular complexity index is 1400. The number of halogens is 1. The van der Waals surface area contributed by atoms with Crippen LogP contribution in [0.1, 0.15) is 27.2 Å². The minimum absolute atomic E-state index is 0.0355. The van der Waals surface area contributed by atoms with Gasteiger partial charge in [0.05, 0.1) is 23.7 Å². The highest BCUT2D eigenvalue weighted by Gasteiger charge is 2.14. The fourth-order valence-electron chi connectivity index (χ4n) is 3.29. The van der Waals surface area contributed by atoms with Crippen LogP contribution in [0.2, 0.25) is 0 Å². The number of hydrogen-bond donors (Lipinski definition) is 2. The molecule has 3 N–H and O–H groups in total. The molecule has 0 radical (unpaired) electrons. The average Bonchev–Trinajstić information content (AvgIpc) is 3.20. The number of allylic oxidation sites excluding steroid dienone is 1. The number of benzene rings is 2. The lowest BCUT2D eigenvalue weighted by Crippen LogP contribution is -2.19. The molecule has 0 aliphatic rings. The second-order valence-corrected chi connectivity index (χ2v) is 7.02. The van der Waals surface area contributed by atoms with E-state index in [-0.39, 0.29) is 5.56 Å². The summed E-state index contributed by atoms with van der Waals surface area (Å²) in [5, 5.41) is 7.00. The van der Waals surface area contributed by atoms with E-state index in [0.29, 0.717) is 29.1 Å². The van der Waals surface area contributed by atoms with E-state index in [4.69, 9.17) is 12.2 Å². The number of aromatic nitrogens is 4. The number of nitrogens with two attached hydrogens (primary N) is 1. The molecule has 2 aromatic carbocycles. The summed E-state index contributed by atoms with van der Waals surface area (Å²) in [6, 6.07) is 10.0. The molecule has 0 fully saturated rings. The molecule has 0 atom stereocenters. The number of hydrogen-bond acceptors (Lipinski definition) is 5. The van der Waals surface area contributed by atoms with E-state index >= 15 is 0 Å². The highest BCUT2D eigenvalue weighted by Crippen LogP contribution is 2.22. The third-order valence-corrected chi connectivity index (χ3v) is 4.93. The summed E-state index contributed by atoms with van der Waals surface area (Å²) in [6.07, 6.45) is 12.4. The van der Waals surface area contributed by atoms with Gasteiger partial charge < -0.3 is 11.1 Å². The maximum absolute atomic E-state index is 14.4. The summed E-state index contributed by atoms with van der Waals surface area (Å²) in [6.45, 7) is 0. The first-order valence-electron chi connectivity index (χ1n) is 9.73. The highest BCUT2D eigenvalue weighted by atomic mass is 19.1. The quantitative estimate of drug-likeness (QED) is 0.377. The summed E-state index contributed by atoms with van der Waals surface area (Å²) in [4.78, 5) is 20.4. The molecule has 0 unspecified atom stereocenters. The predicted octanol–water partition coefficient (Wildman–Crippen LogP) is 3.11. The lowest BCUT2D eigenvalue weighted by Gasteiger charge is -2.07. The molecule has 0 saturated heterocycles. The SMILES string of the molecule is C#C/C=C\c1cc(Cc2cnc3ncc(-c4ccc(C(=O)NC)c(F)c4)nn23)ccc1N. The van der Waals surface area contributed by atoms with Crippen molar-refractivity contribution in [1.29, 1.82) is 0 Å². The zero-order chi connectivity index (χ0) is 22.7. The van der Waals surface area contributed by atoms with Crippen molar-refractivity contribution >= 4 is 23.4 Å². The number of carbonyl (C=O) groups is 1. The Balaban J connectivity index is 1.68. The summed E-state index contributed by atoms with van der Waals surface area (Å²) in [7, 11) is 1.45. The van der Waals surface area contributed by atoms with Gasteiger partial charge in [0.2, 0.25) is 0 Å². The summed E-state index contributed by atoms with van der Waals surface area (Å²) >= 11 is 0. The first kappa shape index (κ1) is 20.8. The van der Waals surface area contributed by atoms with E-state index in [1.165, 1.54) is 25.4 Å². The van der Waals surface area contributed by atoms with E-state index in [2.05, 4.69) is 26.3 Å². The van der Waals surface area contributed by atoms with Crippen molar-refractivity contribution in [2.24, 2.45) is 0 Å². The Hall–Kier alpha value is -4.51. The second-order valence-electron chi connectivity index (χ2n) is 7.02. The molecule has 0 aliphatic carbocycles. The van der Waals surface area contributed by atoms with Crippen LogP contribution >= 0.6 is 0 Å². The average molecular weight is 426 g/mol. The zero-order valence-electron chi connectivity index (χ0n) is 17.2. The number of anilines is 1. The molecular weight excluding hydrogens is 407 g/mol. The van der Waals surface area contributed by atoms with Crippen LogP contribution in [-0.2, 0) is 6.42 Å². The number of fused-ring (bicyclic) bond motifs is 1. The third-order valence-electron chi connectivity index (χ3n) is 4.93. The van der Waals surface area contributed by atoms with Gasteiger partial charge in [-0.05, 0) is 47.5 Å². The van der Waals surface area contributed by atoms with Crippen LogP contribution in [0.5, 0.6) is 0 Å². The van der Waals surface area contributed by atoms with E-state index in [9.17, 15) is 9.18 Å². The molecule has 7 nitrogen and oxygen atoms in total. The Morgan fingerprint density at radius 1 is 1.25 bits per heavy atom. The molecule has 32 heavy (non-hydrogen) atoms. The maximum atomic E-state index is 14.4. The van der Waals surface area contributed by atoms with Crippen molar-refractivity contribution in [2.75, 3.05) is 12.8 Å². The first-order valence-corrected chi connectivity index (χ1v) is 9.73. The van der Waals surface area contributed by atoms with Crippen molar-refractivity contribution in [3.8, 4) is 23.6 Å². The minimum Gasteiger partial charge on any atom is -0.398 e. The van der Waals surface area contributed by atoms with Gasteiger partial charge in [0.1, 0.15) is 11.5 Å². The Morgan fingerprint density at radius 3 is 2.81 bits per heavy atom. The van der Waals surface area contributed by atoms with Gasteiger partial charge in [-0.25, -0.2) is 18.9 Å². The number of amides is 1. The molecule has 0 spiro atoms. The van der Waals surface area contributed by atoms with Gasteiger partial charge in [-0.2, -0.15) is 5.10 Å². The van der Waals surface area contributed by atoms with Gasteiger partial charge in [-0.1, -0.05) is 18.1 Å². The van der Waals surface area contributed by atoms with Crippen molar-refractivity contribution in [3.63, 3.8) is 0 Å². The van der Waals surface area contributed by atoms with E-state index in [1.807, 2.05) is 18.2 Å². The van der Waals surface area contributed by atoms with Crippen molar-refractivity contribution in [2.45, 2.75) is 6.42 Å². The van der Waals surface area contributed by atoms with Crippen LogP contribution in [0, 0.1) is 18.2 Å². The Morgan fingerprint density at radius 2 is 2.06 bits per heavy atom. The largest absolute Gasteiger partial charge is 0.398 e. The number of nitrogens with zero attached hydrogens (tertiary/aromatic N) is 4. The molecule has 1 amide bonds. The minimum atomic E-state index is -0.635. The maximum Gasteiger partial charge on any atom is 0.253 e. The topological polar surface area (TPSA) is 98.2 Å². The Kier molecular flexibility index (Phi) is 5.64. The van der Waals surface area contributed by atoms with Gasteiger partial charge in [0.25, 0.3) is 11.7 Å². The number of rotatable bonds is 5. The lowest BCUT2D eigenvalue weighted by atomic mass is 10.0. The molecule has 8 heteroatoms. The summed E-state index contributed by atoms with van der Waals surface area (Å²) in [5.41, 5.74) is 10.2.